The Labute approximate surface area is 170 Å². The number of pyridine rings is 1. The van der Waals surface area contributed by atoms with Crippen molar-refractivity contribution in [1.29, 1.82) is 0 Å². The molecule has 2 aromatic heterocycles. The first-order chi connectivity index (χ1) is 13.6. The summed E-state index contributed by atoms with van der Waals surface area (Å²) in [4.78, 5) is 22.6. The van der Waals surface area contributed by atoms with Crippen LogP contribution in [0.2, 0.25) is 5.02 Å². The first kappa shape index (κ1) is 19.0. The molecule has 3 aromatic rings. The van der Waals surface area contributed by atoms with Crippen molar-refractivity contribution in [1.82, 2.24) is 20.2 Å². The van der Waals surface area contributed by atoms with E-state index in [1.54, 1.807) is 12.3 Å². The lowest BCUT2D eigenvalue weighted by molar-refractivity contribution is 0.0944. The predicted molar refractivity (Wildman–Crippen MR) is 113 cm³/mol. The number of aromatic amines is 1. The maximum Gasteiger partial charge on any atom is 0.252 e. The van der Waals surface area contributed by atoms with Gasteiger partial charge in [0.25, 0.3) is 5.91 Å². The predicted octanol–water partition coefficient (Wildman–Crippen LogP) is 4.07. The van der Waals surface area contributed by atoms with Gasteiger partial charge in [-0.3, -0.25) is 9.78 Å². The van der Waals surface area contributed by atoms with E-state index >= 15 is 0 Å². The molecular weight excluding hydrogens is 372 g/mol. The van der Waals surface area contributed by atoms with Gasteiger partial charge in [0.2, 0.25) is 0 Å². The molecule has 0 radical (unpaired) electrons. The van der Waals surface area contributed by atoms with Crippen LogP contribution in [-0.4, -0.2) is 47.5 Å². The second kappa shape index (κ2) is 8.33. The van der Waals surface area contributed by atoms with Gasteiger partial charge < -0.3 is 15.2 Å². The second-order valence-corrected chi connectivity index (χ2v) is 7.99. The average Bonchev–Trinajstić information content (AvgIpc) is 3.20. The maximum atomic E-state index is 12.9. The Morgan fingerprint density at radius 3 is 2.89 bits per heavy atom. The van der Waals surface area contributed by atoms with Crippen LogP contribution in [0.1, 0.15) is 34.7 Å². The molecule has 0 saturated carbocycles. The van der Waals surface area contributed by atoms with Gasteiger partial charge in [0.1, 0.15) is 0 Å². The van der Waals surface area contributed by atoms with Gasteiger partial charge in [-0.2, -0.15) is 0 Å². The van der Waals surface area contributed by atoms with Crippen LogP contribution in [0.15, 0.2) is 48.9 Å². The smallest absolute Gasteiger partial charge is 0.252 e. The van der Waals surface area contributed by atoms with Crippen LogP contribution < -0.4 is 5.32 Å². The highest BCUT2D eigenvalue weighted by atomic mass is 35.5. The van der Waals surface area contributed by atoms with Gasteiger partial charge in [-0.25, -0.2) is 0 Å². The minimum absolute atomic E-state index is 0.130. The number of likely N-dealkylation sites (tertiary alicyclic amines) is 1. The zero-order chi connectivity index (χ0) is 19.5. The Morgan fingerprint density at radius 2 is 2.14 bits per heavy atom. The zero-order valence-corrected chi connectivity index (χ0v) is 16.7. The van der Waals surface area contributed by atoms with E-state index in [1.807, 2.05) is 30.6 Å². The normalized spacial score (nSPS) is 16.9. The summed E-state index contributed by atoms with van der Waals surface area (Å²) in [6.45, 7) is 2.76. The molecule has 2 N–H and O–H groups in total. The largest absolute Gasteiger partial charge is 0.361 e. The number of rotatable bonds is 5. The molecule has 146 valence electrons. The minimum Gasteiger partial charge on any atom is -0.361 e. The Hall–Kier alpha value is -2.37. The number of aromatic nitrogens is 2. The number of halogens is 1. The van der Waals surface area contributed by atoms with Crippen molar-refractivity contribution in [2.45, 2.75) is 18.8 Å². The number of carbonyl (C=O) groups excluding carboxylic acids is 1. The third-order valence-electron chi connectivity index (χ3n) is 5.84. The van der Waals surface area contributed by atoms with Gasteiger partial charge in [0.05, 0.1) is 10.6 Å². The lowest BCUT2D eigenvalue weighted by atomic mass is 9.80. The van der Waals surface area contributed by atoms with Crippen molar-refractivity contribution in [3.05, 3.63) is 65.1 Å². The summed E-state index contributed by atoms with van der Waals surface area (Å²) in [7, 11) is 2.16. The van der Waals surface area contributed by atoms with Crippen molar-refractivity contribution >= 4 is 28.4 Å². The van der Waals surface area contributed by atoms with E-state index in [9.17, 15) is 4.79 Å². The molecule has 3 heterocycles. The molecule has 1 aliphatic rings. The topological polar surface area (TPSA) is 61.0 Å². The number of hydrogen-bond donors (Lipinski definition) is 2. The monoisotopic (exact) mass is 396 g/mol. The molecule has 1 atom stereocenters. The number of hydrogen-bond acceptors (Lipinski definition) is 3. The number of amides is 1. The summed E-state index contributed by atoms with van der Waals surface area (Å²) in [6, 6.07) is 9.65. The molecule has 0 bridgehead atoms. The van der Waals surface area contributed by atoms with E-state index in [1.165, 1.54) is 5.56 Å². The highest BCUT2D eigenvalue weighted by Gasteiger charge is 2.27. The highest BCUT2D eigenvalue weighted by Crippen LogP contribution is 2.32. The SMILES string of the molecule is CN1CCC(C(CNC(=O)c2ccc3[nH]ccc3c2Cl)c2cccnc2)CC1. The van der Waals surface area contributed by atoms with Crippen LogP contribution in [0, 0.1) is 5.92 Å². The van der Waals surface area contributed by atoms with Gasteiger partial charge >= 0.3 is 0 Å². The van der Waals surface area contributed by atoms with Crippen molar-refractivity contribution < 1.29 is 4.79 Å². The van der Waals surface area contributed by atoms with Crippen LogP contribution in [0.4, 0.5) is 0 Å². The molecule has 1 aliphatic heterocycles. The fourth-order valence-electron chi connectivity index (χ4n) is 4.15. The van der Waals surface area contributed by atoms with Crippen LogP contribution in [0.5, 0.6) is 0 Å². The van der Waals surface area contributed by atoms with E-state index < -0.39 is 0 Å². The summed E-state index contributed by atoms with van der Waals surface area (Å²) in [6.07, 6.45) is 7.80. The van der Waals surface area contributed by atoms with Crippen molar-refractivity contribution in [2.75, 3.05) is 26.7 Å². The third-order valence-corrected chi connectivity index (χ3v) is 6.25. The maximum absolute atomic E-state index is 12.9. The molecule has 1 aromatic carbocycles. The fraction of sp³-hybridized carbons (Fsp3) is 0.364. The average molecular weight is 397 g/mol. The van der Waals surface area contributed by atoms with Gasteiger partial charge in [0, 0.05) is 42.0 Å². The first-order valence-corrected chi connectivity index (χ1v) is 10.1. The second-order valence-electron chi connectivity index (χ2n) is 7.61. The van der Waals surface area contributed by atoms with Crippen LogP contribution >= 0.6 is 11.6 Å². The Morgan fingerprint density at radius 1 is 1.32 bits per heavy atom. The molecule has 1 fully saturated rings. The number of carbonyl (C=O) groups is 1. The summed E-state index contributed by atoms with van der Waals surface area (Å²) in [5.41, 5.74) is 2.63. The molecular formula is C22H25ClN4O. The van der Waals surface area contributed by atoms with Crippen molar-refractivity contribution in [3.8, 4) is 0 Å². The quantitative estimate of drug-likeness (QED) is 0.683. The molecule has 4 rings (SSSR count). The van der Waals surface area contributed by atoms with E-state index in [-0.39, 0.29) is 11.8 Å². The third kappa shape index (κ3) is 3.91. The number of nitrogens with zero attached hydrogens (tertiary/aromatic N) is 2. The lowest BCUT2D eigenvalue weighted by Crippen LogP contribution is -2.37. The lowest BCUT2D eigenvalue weighted by Gasteiger charge is -2.34. The van der Waals surface area contributed by atoms with E-state index in [0.717, 1.165) is 36.8 Å². The first-order valence-electron chi connectivity index (χ1n) is 9.75. The van der Waals surface area contributed by atoms with Crippen LogP contribution in [-0.2, 0) is 0 Å². The molecule has 1 saturated heterocycles. The van der Waals surface area contributed by atoms with E-state index in [2.05, 4.69) is 33.3 Å². The standard InChI is InChI=1S/C22H25ClN4O/c1-27-11-7-15(8-12-27)19(16-3-2-9-24-13-16)14-26-22(28)18-4-5-20-17(21(18)23)6-10-25-20/h2-6,9-10,13,15,19,25H,7-8,11-12,14H2,1H3,(H,26,28). The van der Waals surface area contributed by atoms with Crippen molar-refractivity contribution in [3.63, 3.8) is 0 Å². The Bertz CT molecular complexity index is 948. The molecule has 0 aliphatic carbocycles. The van der Waals surface area contributed by atoms with Gasteiger partial charge in [-0.1, -0.05) is 17.7 Å². The fourth-order valence-corrected chi connectivity index (χ4v) is 4.47. The highest BCUT2D eigenvalue weighted by molar-refractivity contribution is 6.38. The molecule has 0 spiro atoms. The van der Waals surface area contributed by atoms with Gasteiger partial charge in [-0.05, 0) is 68.7 Å². The molecule has 28 heavy (non-hydrogen) atoms. The van der Waals surface area contributed by atoms with Crippen LogP contribution in [0.3, 0.4) is 0 Å². The van der Waals surface area contributed by atoms with Gasteiger partial charge in [-0.15, -0.1) is 0 Å². The van der Waals surface area contributed by atoms with Crippen LogP contribution in [0.25, 0.3) is 10.9 Å². The number of benzene rings is 1. The molecule has 1 amide bonds. The zero-order valence-electron chi connectivity index (χ0n) is 16.0. The number of fused-ring (bicyclic) bond motifs is 1. The van der Waals surface area contributed by atoms with E-state index in [0.29, 0.717) is 23.0 Å². The molecule has 6 heteroatoms. The van der Waals surface area contributed by atoms with Gasteiger partial charge in [0.15, 0.2) is 0 Å². The number of piperidine rings is 1. The summed E-state index contributed by atoms with van der Waals surface area (Å²) >= 11 is 6.48. The molecule has 1 unspecified atom stereocenters. The Kier molecular flexibility index (Phi) is 5.64. The van der Waals surface area contributed by atoms with Crippen molar-refractivity contribution in [2.24, 2.45) is 5.92 Å². The molecule has 5 nitrogen and oxygen atoms in total. The summed E-state index contributed by atoms with van der Waals surface area (Å²) < 4.78 is 0. The minimum atomic E-state index is -0.130. The summed E-state index contributed by atoms with van der Waals surface area (Å²) in [5, 5.41) is 4.49. The number of H-pyrrole nitrogens is 1. The Balaban J connectivity index is 1.51. The summed E-state index contributed by atoms with van der Waals surface area (Å²) in [5.74, 6) is 0.652. The van der Waals surface area contributed by atoms with E-state index in [4.69, 9.17) is 11.6 Å². The number of nitrogens with one attached hydrogen (secondary N) is 2.